The summed E-state index contributed by atoms with van der Waals surface area (Å²) in [5.41, 5.74) is 3.53. The molecule has 1 saturated heterocycles. The zero-order valence-corrected chi connectivity index (χ0v) is 19.4. The number of halogens is 1. The van der Waals surface area contributed by atoms with Crippen LogP contribution in [0, 0.1) is 5.82 Å². The van der Waals surface area contributed by atoms with E-state index in [2.05, 4.69) is 27.1 Å². The van der Waals surface area contributed by atoms with E-state index in [1.807, 2.05) is 18.2 Å². The molecule has 6 nitrogen and oxygen atoms in total. The van der Waals surface area contributed by atoms with Crippen LogP contribution in [0.3, 0.4) is 0 Å². The Labute approximate surface area is 198 Å². The molecule has 8 heteroatoms. The third kappa shape index (κ3) is 4.89. The maximum atomic E-state index is 13.5. The maximum absolute atomic E-state index is 13.5. The molecule has 3 aromatic rings. The van der Waals surface area contributed by atoms with Crippen molar-refractivity contribution in [2.75, 3.05) is 18.4 Å². The van der Waals surface area contributed by atoms with E-state index >= 15 is 0 Å². The number of carbonyl (C=O) groups excluding carboxylic acids is 1. The topological polar surface area (TPSA) is 78.5 Å². The zero-order chi connectivity index (χ0) is 23.7. The molecule has 0 radical (unpaired) electrons. The molecule has 0 spiro atoms. The maximum Gasteiger partial charge on any atom is 0.240 e. The van der Waals surface area contributed by atoms with Crippen molar-refractivity contribution in [3.8, 4) is 0 Å². The number of aryl methyl sites for hydroxylation is 1. The number of nitrogens with one attached hydrogen (secondary N) is 2. The predicted molar refractivity (Wildman–Crippen MR) is 128 cm³/mol. The van der Waals surface area contributed by atoms with Crippen molar-refractivity contribution in [3.05, 3.63) is 95.3 Å². The van der Waals surface area contributed by atoms with Crippen molar-refractivity contribution in [3.63, 3.8) is 0 Å². The van der Waals surface area contributed by atoms with Crippen LogP contribution in [0.5, 0.6) is 0 Å². The first-order valence-electron chi connectivity index (χ1n) is 11.3. The number of rotatable bonds is 6. The highest BCUT2D eigenvalue weighted by atomic mass is 32.2. The average Bonchev–Trinajstić information content (AvgIpc) is 3.21. The SMILES string of the molecule is O=C1CCc2cc(S(=O)(=O)N[C@@H]3CN(Cc4ccccc4)C[C@H]3c3ccc(F)cc3)ccc2N1. The number of nitrogens with zero attached hydrogens (tertiary/aromatic N) is 1. The van der Waals surface area contributed by atoms with Gasteiger partial charge in [-0.15, -0.1) is 0 Å². The van der Waals surface area contributed by atoms with E-state index in [0.29, 0.717) is 38.2 Å². The quantitative estimate of drug-likeness (QED) is 0.566. The minimum atomic E-state index is -3.80. The summed E-state index contributed by atoms with van der Waals surface area (Å²) in [7, 11) is -3.80. The third-order valence-corrected chi connectivity index (χ3v) is 8.02. The summed E-state index contributed by atoms with van der Waals surface area (Å²) < 4.78 is 43.2. The molecular formula is C26H26FN3O3S. The molecule has 0 aromatic heterocycles. The lowest BCUT2D eigenvalue weighted by Gasteiger charge is -2.22. The summed E-state index contributed by atoms with van der Waals surface area (Å²) in [4.78, 5) is 14.0. The van der Waals surface area contributed by atoms with Crippen molar-refractivity contribution < 1.29 is 17.6 Å². The van der Waals surface area contributed by atoms with Gasteiger partial charge in [0, 0.05) is 43.7 Å². The first-order valence-corrected chi connectivity index (χ1v) is 12.8. The minimum absolute atomic E-state index is 0.0622. The molecule has 2 aliphatic heterocycles. The molecule has 0 saturated carbocycles. The number of likely N-dealkylation sites (tertiary alicyclic amines) is 1. The number of anilines is 1. The number of fused-ring (bicyclic) bond motifs is 1. The zero-order valence-electron chi connectivity index (χ0n) is 18.6. The molecule has 0 bridgehead atoms. The standard InChI is InChI=1S/C26H26FN3O3S/c27-21-9-6-19(7-10-21)23-16-30(15-18-4-2-1-3-5-18)17-25(23)29-34(32,33)22-11-12-24-20(14-22)8-13-26(31)28-24/h1-7,9-12,14,23,25,29H,8,13,15-17H2,(H,28,31)/t23-,25+/m0/s1. The average molecular weight is 480 g/mol. The van der Waals surface area contributed by atoms with Gasteiger partial charge in [0.15, 0.2) is 0 Å². The number of amides is 1. The van der Waals surface area contributed by atoms with Crippen LogP contribution >= 0.6 is 0 Å². The van der Waals surface area contributed by atoms with E-state index in [0.717, 1.165) is 16.7 Å². The van der Waals surface area contributed by atoms with Gasteiger partial charge in [-0.1, -0.05) is 42.5 Å². The molecular weight excluding hydrogens is 453 g/mol. The number of sulfonamides is 1. The second kappa shape index (κ2) is 9.29. The fraction of sp³-hybridized carbons (Fsp3) is 0.269. The van der Waals surface area contributed by atoms with Crippen LogP contribution in [0.1, 0.15) is 29.0 Å². The van der Waals surface area contributed by atoms with Crippen LogP contribution in [0.15, 0.2) is 77.7 Å². The lowest BCUT2D eigenvalue weighted by Crippen LogP contribution is -2.39. The largest absolute Gasteiger partial charge is 0.326 e. The number of hydrogen-bond donors (Lipinski definition) is 2. The van der Waals surface area contributed by atoms with Gasteiger partial charge in [0.05, 0.1) is 4.90 Å². The number of benzene rings is 3. The Bertz CT molecular complexity index is 1300. The van der Waals surface area contributed by atoms with Crippen LogP contribution in [0.2, 0.25) is 0 Å². The van der Waals surface area contributed by atoms with Crippen LogP contribution in [-0.4, -0.2) is 38.4 Å². The molecule has 0 unspecified atom stereocenters. The van der Waals surface area contributed by atoms with Gasteiger partial charge in [-0.3, -0.25) is 9.69 Å². The Morgan fingerprint density at radius 3 is 2.50 bits per heavy atom. The molecule has 3 aromatic carbocycles. The van der Waals surface area contributed by atoms with E-state index in [1.54, 1.807) is 24.3 Å². The normalized spacial score (nSPS) is 20.7. The highest BCUT2D eigenvalue weighted by Crippen LogP contribution is 2.31. The molecule has 34 heavy (non-hydrogen) atoms. The Morgan fingerprint density at radius 1 is 0.971 bits per heavy atom. The van der Waals surface area contributed by atoms with Gasteiger partial charge in [-0.25, -0.2) is 17.5 Å². The second-order valence-corrected chi connectivity index (χ2v) is 10.6. The van der Waals surface area contributed by atoms with Gasteiger partial charge in [0.1, 0.15) is 5.82 Å². The van der Waals surface area contributed by atoms with Crippen molar-refractivity contribution in [2.24, 2.45) is 0 Å². The number of hydrogen-bond acceptors (Lipinski definition) is 4. The Balaban J connectivity index is 1.40. The summed E-state index contributed by atoms with van der Waals surface area (Å²) in [6.45, 7) is 1.90. The molecule has 5 rings (SSSR count). The Hall–Kier alpha value is -3.07. The smallest absolute Gasteiger partial charge is 0.240 e. The second-order valence-electron chi connectivity index (χ2n) is 8.93. The minimum Gasteiger partial charge on any atom is -0.326 e. The van der Waals surface area contributed by atoms with Gasteiger partial charge in [0.2, 0.25) is 15.9 Å². The molecule has 2 heterocycles. The van der Waals surface area contributed by atoms with E-state index in [1.165, 1.54) is 18.2 Å². The van der Waals surface area contributed by atoms with Gasteiger partial charge in [-0.05, 0) is 53.4 Å². The molecule has 2 atom stereocenters. The third-order valence-electron chi connectivity index (χ3n) is 6.53. The monoisotopic (exact) mass is 479 g/mol. The van der Waals surface area contributed by atoms with Crippen LogP contribution in [0.25, 0.3) is 0 Å². The van der Waals surface area contributed by atoms with E-state index < -0.39 is 10.0 Å². The summed E-state index contributed by atoms with van der Waals surface area (Å²) in [6, 6.07) is 20.8. The van der Waals surface area contributed by atoms with Crippen LogP contribution in [-0.2, 0) is 27.8 Å². The van der Waals surface area contributed by atoms with E-state index in [9.17, 15) is 17.6 Å². The van der Waals surface area contributed by atoms with Gasteiger partial charge < -0.3 is 5.32 Å². The number of carbonyl (C=O) groups is 1. The fourth-order valence-electron chi connectivity index (χ4n) is 4.82. The Kier molecular flexibility index (Phi) is 6.20. The first kappa shape index (κ1) is 22.7. The summed E-state index contributed by atoms with van der Waals surface area (Å²) in [5, 5.41) is 2.78. The summed E-state index contributed by atoms with van der Waals surface area (Å²) in [5.74, 6) is -0.495. The van der Waals surface area contributed by atoms with Crippen LogP contribution in [0.4, 0.5) is 10.1 Å². The summed E-state index contributed by atoms with van der Waals surface area (Å²) in [6.07, 6.45) is 0.852. The molecule has 2 N–H and O–H groups in total. The van der Waals surface area contributed by atoms with Gasteiger partial charge >= 0.3 is 0 Å². The fourth-order valence-corrected chi connectivity index (χ4v) is 6.14. The highest BCUT2D eigenvalue weighted by Gasteiger charge is 2.37. The molecule has 0 aliphatic carbocycles. The molecule has 176 valence electrons. The predicted octanol–water partition coefficient (Wildman–Crippen LogP) is 3.66. The lowest BCUT2D eigenvalue weighted by molar-refractivity contribution is -0.116. The summed E-state index contributed by atoms with van der Waals surface area (Å²) >= 11 is 0. The van der Waals surface area contributed by atoms with Crippen molar-refractivity contribution in [1.82, 2.24) is 9.62 Å². The van der Waals surface area contributed by atoms with E-state index in [-0.39, 0.29) is 28.6 Å². The van der Waals surface area contributed by atoms with Gasteiger partial charge in [0.25, 0.3) is 0 Å². The molecule has 2 aliphatic rings. The Morgan fingerprint density at radius 2 is 1.74 bits per heavy atom. The van der Waals surface area contributed by atoms with Crippen LogP contribution < -0.4 is 10.0 Å². The molecule has 1 amide bonds. The molecule has 1 fully saturated rings. The lowest BCUT2D eigenvalue weighted by atomic mass is 9.95. The van der Waals surface area contributed by atoms with Crippen molar-refractivity contribution >= 4 is 21.6 Å². The first-order chi connectivity index (χ1) is 16.4. The van der Waals surface area contributed by atoms with Crippen molar-refractivity contribution in [2.45, 2.75) is 36.2 Å². The van der Waals surface area contributed by atoms with Gasteiger partial charge in [-0.2, -0.15) is 0 Å². The van der Waals surface area contributed by atoms with E-state index in [4.69, 9.17) is 0 Å². The highest BCUT2D eigenvalue weighted by molar-refractivity contribution is 7.89. The van der Waals surface area contributed by atoms with Crippen molar-refractivity contribution in [1.29, 1.82) is 0 Å².